The highest BCUT2D eigenvalue weighted by molar-refractivity contribution is 5.91. The summed E-state index contributed by atoms with van der Waals surface area (Å²) in [6.07, 6.45) is 4.04. The largest absolute Gasteiger partial charge is 0.454 e. The van der Waals surface area contributed by atoms with E-state index < -0.39 is 10.9 Å². The van der Waals surface area contributed by atoms with Crippen LogP contribution in [-0.2, 0) is 11.3 Å². The molecule has 1 aromatic carbocycles. The number of nitro groups is 1. The zero-order valence-electron chi connectivity index (χ0n) is 14.1. The van der Waals surface area contributed by atoms with Gasteiger partial charge in [0.1, 0.15) is 5.69 Å². The molecule has 2 heterocycles. The molecule has 1 aromatic heterocycles. The predicted octanol–water partition coefficient (Wildman–Crippen LogP) is 1.87. The second-order valence-corrected chi connectivity index (χ2v) is 6.50. The quantitative estimate of drug-likeness (QED) is 0.436. The number of aromatic nitrogens is 4. The molecule has 0 atom stereocenters. The lowest BCUT2D eigenvalue weighted by atomic mass is 10.1. The van der Waals surface area contributed by atoms with Gasteiger partial charge in [-0.15, -0.1) is 5.10 Å². The maximum atomic E-state index is 12.3. The van der Waals surface area contributed by atoms with Crippen molar-refractivity contribution in [3.8, 4) is 0 Å². The van der Waals surface area contributed by atoms with Gasteiger partial charge in [-0.2, -0.15) is 0 Å². The van der Waals surface area contributed by atoms with Gasteiger partial charge in [-0.3, -0.25) is 10.1 Å². The maximum Gasteiger partial charge on any atom is 0.338 e. The molecule has 1 saturated carbocycles. The molecule has 10 heteroatoms. The molecule has 136 valence electrons. The second-order valence-electron chi connectivity index (χ2n) is 6.50. The second kappa shape index (κ2) is 6.70. The van der Waals surface area contributed by atoms with Crippen molar-refractivity contribution in [1.82, 2.24) is 20.2 Å². The zero-order chi connectivity index (χ0) is 18.1. The molecule has 1 saturated heterocycles. The molecular formula is C16H18N6O4. The number of esters is 1. The number of tetrazole rings is 1. The molecule has 1 aliphatic heterocycles. The van der Waals surface area contributed by atoms with Crippen LogP contribution in [0, 0.1) is 10.1 Å². The number of anilines is 1. The molecule has 10 nitrogen and oxygen atoms in total. The van der Waals surface area contributed by atoms with Crippen LogP contribution in [0.4, 0.5) is 11.4 Å². The minimum Gasteiger partial charge on any atom is -0.454 e. The average molecular weight is 358 g/mol. The Morgan fingerprint density at radius 1 is 1.31 bits per heavy atom. The molecule has 0 bridgehead atoms. The summed E-state index contributed by atoms with van der Waals surface area (Å²) in [5.41, 5.74) is 0.607. The first-order valence-corrected chi connectivity index (χ1v) is 8.61. The molecule has 2 aromatic rings. The number of nitro benzene ring substituents is 1. The summed E-state index contributed by atoms with van der Waals surface area (Å²) in [4.78, 5) is 25.2. The Hall–Kier alpha value is -3.04. The van der Waals surface area contributed by atoms with E-state index in [1.807, 2.05) is 4.90 Å². The van der Waals surface area contributed by atoms with Crippen LogP contribution in [0.2, 0.25) is 0 Å². The fourth-order valence-corrected chi connectivity index (χ4v) is 3.15. The van der Waals surface area contributed by atoms with Crippen LogP contribution in [0.25, 0.3) is 0 Å². The minimum atomic E-state index is -0.633. The van der Waals surface area contributed by atoms with Gasteiger partial charge in [0.15, 0.2) is 12.4 Å². The van der Waals surface area contributed by atoms with Gasteiger partial charge < -0.3 is 9.64 Å². The number of nitrogens with zero attached hydrogens (tertiary/aromatic N) is 6. The molecule has 26 heavy (non-hydrogen) atoms. The van der Waals surface area contributed by atoms with E-state index in [2.05, 4.69) is 15.5 Å². The van der Waals surface area contributed by atoms with E-state index in [4.69, 9.17) is 4.74 Å². The summed E-state index contributed by atoms with van der Waals surface area (Å²) in [5, 5.41) is 22.8. The summed E-state index contributed by atoms with van der Waals surface area (Å²) in [7, 11) is 0. The van der Waals surface area contributed by atoms with Gasteiger partial charge in [0, 0.05) is 19.2 Å². The van der Waals surface area contributed by atoms with Gasteiger partial charge >= 0.3 is 5.97 Å². The molecule has 0 spiro atoms. The van der Waals surface area contributed by atoms with Gasteiger partial charge in [-0.25, -0.2) is 9.48 Å². The van der Waals surface area contributed by atoms with Gasteiger partial charge in [0.2, 0.25) is 0 Å². The summed E-state index contributed by atoms with van der Waals surface area (Å²) in [6, 6.07) is 4.74. The Kier molecular flexibility index (Phi) is 4.23. The van der Waals surface area contributed by atoms with E-state index in [0.29, 0.717) is 11.5 Å². The van der Waals surface area contributed by atoms with Gasteiger partial charge in [-0.1, -0.05) is 0 Å². The van der Waals surface area contributed by atoms with Crippen molar-refractivity contribution in [2.45, 2.75) is 38.3 Å². The van der Waals surface area contributed by atoms with Crippen LogP contribution in [0.5, 0.6) is 0 Å². The molecule has 1 aliphatic carbocycles. The summed E-state index contributed by atoms with van der Waals surface area (Å²) in [6.45, 7) is 1.51. The third kappa shape index (κ3) is 3.22. The Morgan fingerprint density at radius 3 is 2.77 bits per heavy atom. The van der Waals surface area contributed by atoms with Gasteiger partial charge in [0.05, 0.1) is 16.5 Å². The van der Waals surface area contributed by atoms with Crippen LogP contribution >= 0.6 is 0 Å². The van der Waals surface area contributed by atoms with Crippen molar-refractivity contribution < 1.29 is 14.5 Å². The summed E-state index contributed by atoms with van der Waals surface area (Å²) in [5.74, 6) is -0.157. The standard InChI is InChI=1S/C16H18N6O4/c23-16(26-10-15-17-18-19-21(15)12-4-5-12)11-3-6-13(14(9-11)22(24)25)20-7-1-2-8-20/h3,6,9,12H,1-2,4-5,7-8,10H2. The molecule has 2 fully saturated rings. The molecule has 0 unspecified atom stereocenters. The highest BCUT2D eigenvalue weighted by Crippen LogP contribution is 2.34. The van der Waals surface area contributed by atoms with Gasteiger partial charge in [0.25, 0.3) is 5.69 Å². The zero-order valence-corrected chi connectivity index (χ0v) is 14.1. The first kappa shape index (κ1) is 16.4. The SMILES string of the molecule is O=C(OCc1nnnn1C1CC1)c1ccc(N2CCCC2)c([N+](=O)[O-])c1. The number of benzene rings is 1. The molecule has 0 amide bonds. The monoisotopic (exact) mass is 358 g/mol. The highest BCUT2D eigenvalue weighted by Gasteiger charge is 2.28. The lowest BCUT2D eigenvalue weighted by molar-refractivity contribution is -0.384. The number of carbonyl (C=O) groups excluding carboxylic acids is 1. The van der Waals surface area contributed by atoms with E-state index >= 15 is 0 Å². The van der Waals surface area contributed by atoms with E-state index in [1.165, 1.54) is 6.07 Å². The fourth-order valence-electron chi connectivity index (χ4n) is 3.15. The lowest BCUT2D eigenvalue weighted by Crippen LogP contribution is -2.19. The third-order valence-corrected chi connectivity index (χ3v) is 4.64. The van der Waals surface area contributed by atoms with Gasteiger partial charge in [-0.05, 0) is 48.2 Å². The maximum absolute atomic E-state index is 12.3. The van der Waals surface area contributed by atoms with Crippen LogP contribution < -0.4 is 4.90 Å². The van der Waals surface area contributed by atoms with E-state index in [-0.39, 0.29) is 23.9 Å². The lowest BCUT2D eigenvalue weighted by Gasteiger charge is -2.17. The molecule has 0 N–H and O–H groups in total. The number of hydrogen-bond acceptors (Lipinski definition) is 8. The van der Waals surface area contributed by atoms with E-state index in [0.717, 1.165) is 38.8 Å². The van der Waals surface area contributed by atoms with Crippen molar-refractivity contribution in [3.05, 3.63) is 39.7 Å². The Bertz CT molecular complexity index is 841. The van der Waals surface area contributed by atoms with Crippen molar-refractivity contribution in [1.29, 1.82) is 0 Å². The number of ether oxygens (including phenoxy) is 1. The normalized spacial score (nSPS) is 16.7. The summed E-state index contributed by atoms with van der Waals surface area (Å²) >= 11 is 0. The van der Waals surface area contributed by atoms with Crippen LogP contribution in [0.15, 0.2) is 18.2 Å². The molecular weight excluding hydrogens is 340 g/mol. The summed E-state index contributed by atoms with van der Waals surface area (Å²) < 4.78 is 6.91. The van der Waals surface area contributed by atoms with Crippen molar-refractivity contribution in [2.24, 2.45) is 0 Å². The van der Waals surface area contributed by atoms with E-state index in [9.17, 15) is 14.9 Å². The Morgan fingerprint density at radius 2 is 2.08 bits per heavy atom. The van der Waals surface area contributed by atoms with Crippen LogP contribution in [0.3, 0.4) is 0 Å². The van der Waals surface area contributed by atoms with E-state index in [1.54, 1.807) is 16.8 Å². The topological polar surface area (TPSA) is 116 Å². The third-order valence-electron chi connectivity index (χ3n) is 4.64. The van der Waals surface area contributed by atoms with Crippen molar-refractivity contribution >= 4 is 17.3 Å². The van der Waals surface area contributed by atoms with Crippen LogP contribution in [0.1, 0.15) is 47.9 Å². The fraction of sp³-hybridized carbons (Fsp3) is 0.500. The number of hydrogen-bond donors (Lipinski definition) is 0. The predicted molar refractivity (Wildman–Crippen MR) is 89.8 cm³/mol. The molecule has 0 radical (unpaired) electrons. The first-order valence-electron chi connectivity index (χ1n) is 8.61. The van der Waals surface area contributed by atoms with Crippen molar-refractivity contribution in [2.75, 3.05) is 18.0 Å². The Balaban J connectivity index is 1.49. The van der Waals surface area contributed by atoms with Crippen molar-refractivity contribution in [3.63, 3.8) is 0 Å². The smallest absolute Gasteiger partial charge is 0.338 e. The average Bonchev–Trinajstić information content (AvgIpc) is 3.15. The Labute approximate surface area is 148 Å². The number of carbonyl (C=O) groups is 1. The molecule has 4 rings (SSSR count). The van der Waals surface area contributed by atoms with Crippen LogP contribution in [-0.4, -0.2) is 44.2 Å². The first-order chi connectivity index (χ1) is 12.6. The minimum absolute atomic E-state index is 0.0655. The molecule has 2 aliphatic rings. The highest BCUT2D eigenvalue weighted by atomic mass is 16.6. The number of rotatable bonds is 6.